The molecule has 0 saturated carbocycles. The largest absolute Gasteiger partial charge is 0.456 e. The molecule has 0 radical (unpaired) electrons. The monoisotopic (exact) mass is 498 g/mol. The molecule has 0 bridgehead atoms. The van der Waals surface area contributed by atoms with Gasteiger partial charge in [0.25, 0.3) is 0 Å². The van der Waals surface area contributed by atoms with Crippen LogP contribution in [0.25, 0.3) is 65.7 Å². The lowest BCUT2D eigenvalue weighted by Gasteiger charge is -2.12. The lowest BCUT2D eigenvalue weighted by molar-refractivity contribution is 0.669. The summed E-state index contributed by atoms with van der Waals surface area (Å²) in [5.41, 5.74) is 6.67. The first-order valence-electron chi connectivity index (χ1n) is 11.4. The highest BCUT2D eigenvalue weighted by Gasteiger charge is 2.12. The van der Waals surface area contributed by atoms with Crippen molar-refractivity contribution < 1.29 is 4.42 Å². The number of hydrogen-bond donors (Lipinski definition) is 0. The SMILES string of the molecule is Brc1cccc2oc3ccc(-c4ccc(-c5cc6ccccc6c6ccccc56)cc4)cc3c12. The summed E-state index contributed by atoms with van der Waals surface area (Å²) >= 11 is 3.69. The fourth-order valence-corrected chi connectivity index (χ4v) is 5.66. The van der Waals surface area contributed by atoms with Crippen molar-refractivity contribution >= 4 is 59.4 Å². The summed E-state index contributed by atoms with van der Waals surface area (Å²) in [6.07, 6.45) is 0. The molecule has 0 aliphatic rings. The van der Waals surface area contributed by atoms with Gasteiger partial charge in [-0.3, -0.25) is 0 Å². The number of furan rings is 1. The molecule has 0 aliphatic heterocycles. The van der Waals surface area contributed by atoms with E-state index in [1.54, 1.807) is 0 Å². The summed E-state index contributed by atoms with van der Waals surface area (Å²) in [4.78, 5) is 0. The lowest BCUT2D eigenvalue weighted by atomic mass is 9.92. The van der Waals surface area contributed by atoms with Crippen molar-refractivity contribution in [1.82, 2.24) is 0 Å². The summed E-state index contributed by atoms with van der Waals surface area (Å²) in [6, 6.07) is 41.1. The van der Waals surface area contributed by atoms with E-state index in [0.29, 0.717) is 0 Å². The molecule has 160 valence electrons. The number of hydrogen-bond acceptors (Lipinski definition) is 1. The van der Waals surface area contributed by atoms with E-state index in [4.69, 9.17) is 4.42 Å². The molecule has 1 heterocycles. The molecular formula is C32H19BrO. The molecule has 0 saturated heterocycles. The summed E-state index contributed by atoms with van der Waals surface area (Å²) in [5.74, 6) is 0. The molecule has 7 rings (SSSR count). The highest BCUT2D eigenvalue weighted by Crippen LogP contribution is 2.38. The zero-order chi connectivity index (χ0) is 22.6. The molecule has 1 nitrogen and oxygen atoms in total. The van der Waals surface area contributed by atoms with Gasteiger partial charge < -0.3 is 4.42 Å². The maximum Gasteiger partial charge on any atom is 0.136 e. The number of rotatable bonds is 2. The van der Waals surface area contributed by atoms with E-state index in [9.17, 15) is 0 Å². The first kappa shape index (κ1) is 19.6. The van der Waals surface area contributed by atoms with Crippen molar-refractivity contribution in [2.45, 2.75) is 0 Å². The second kappa shape index (κ2) is 7.58. The van der Waals surface area contributed by atoms with Gasteiger partial charge >= 0.3 is 0 Å². The van der Waals surface area contributed by atoms with Gasteiger partial charge in [0.2, 0.25) is 0 Å². The zero-order valence-corrected chi connectivity index (χ0v) is 19.8. The summed E-state index contributed by atoms with van der Waals surface area (Å²) in [5, 5.41) is 7.39. The Kier molecular flexibility index (Phi) is 4.36. The Morgan fingerprint density at radius 2 is 1.18 bits per heavy atom. The second-order valence-corrected chi connectivity index (χ2v) is 9.55. The molecule has 0 unspecified atom stereocenters. The highest BCUT2D eigenvalue weighted by atomic mass is 79.9. The van der Waals surface area contributed by atoms with Crippen molar-refractivity contribution in [2.24, 2.45) is 0 Å². The molecule has 0 aliphatic carbocycles. The van der Waals surface area contributed by atoms with Crippen molar-refractivity contribution in [3.8, 4) is 22.3 Å². The Bertz CT molecular complexity index is 1860. The third kappa shape index (κ3) is 2.99. The first-order chi connectivity index (χ1) is 16.8. The van der Waals surface area contributed by atoms with E-state index in [2.05, 4.69) is 119 Å². The van der Waals surface area contributed by atoms with Crippen molar-refractivity contribution in [3.63, 3.8) is 0 Å². The number of benzene rings is 6. The molecule has 34 heavy (non-hydrogen) atoms. The minimum absolute atomic E-state index is 0.903. The third-order valence-corrected chi connectivity index (χ3v) is 7.40. The molecule has 0 N–H and O–H groups in total. The Hall–Kier alpha value is -3.88. The summed E-state index contributed by atoms with van der Waals surface area (Å²) in [7, 11) is 0. The van der Waals surface area contributed by atoms with Gasteiger partial charge in [0.15, 0.2) is 0 Å². The summed E-state index contributed by atoms with van der Waals surface area (Å²) < 4.78 is 7.10. The predicted octanol–water partition coefficient (Wildman–Crippen LogP) is 9.99. The van der Waals surface area contributed by atoms with Gasteiger partial charge in [-0.05, 0) is 74.1 Å². The fourth-order valence-electron chi connectivity index (χ4n) is 5.10. The van der Waals surface area contributed by atoms with Crippen LogP contribution in [0.15, 0.2) is 124 Å². The maximum absolute atomic E-state index is 6.05. The van der Waals surface area contributed by atoms with Crippen LogP contribution in [0, 0.1) is 0 Å². The Labute approximate surface area is 205 Å². The average Bonchev–Trinajstić information content (AvgIpc) is 3.27. The van der Waals surface area contributed by atoms with E-state index < -0.39 is 0 Å². The lowest BCUT2D eigenvalue weighted by Crippen LogP contribution is -1.85. The Balaban J connectivity index is 1.36. The van der Waals surface area contributed by atoms with Crippen LogP contribution in [0.5, 0.6) is 0 Å². The van der Waals surface area contributed by atoms with Gasteiger partial charge in [0, 0.05) is 15.2 Å². The van der Waals surface area contributed by atoms with E-state index in [1.165, 1.54) is 43.8 Å². The molecule has 7 aromatic rings. The Morgan fingerprint density at radius 3 is 2.03 bits per heavy atom. The number of halogens is 1. The number of fused-ring (bicyclic) bond motifs is 6. The highest BCUT2D eigenvalue weighted by molar-refractivity contribution is 9.10. The quantitative estimate of drug-likeness (QED) is 0.216. The average molecular weight is 499 g/mol. The van der Waals surface area contributed by atoms with Crippen LogP contribution in [0.2, 0.25) is 0 Å². The second-order valence-electron chi connectivity index (χ2n) is 8.69. The van der Waals surface area contributed by atoms with Gasteiger partial charge in [-0.15, -0.1) is 0 Å². The maximum atomic E-state index is 6.05. The van der Waals surface area contributed by atoms with Crippen LogP contribution in [-0.2, 0) is 0 Å². The minimum atomic E-state index is 0.903. The van der Waals surface area contributed by atoms with E-state index >= 15 is 0 Å². The van der Waals surface area contributed by atoms with E-state index in [-0.39, 0.29) is 0 Å². The van der Waals surface area contributed by atoms with E-state index in [1.807, 2.05) is 12.1 Å². The van der Waals surface area contributed by atoms with Gasteiger partial charge in [0.05, 0.1) is 0 Å². The summed E-state index contributed by atoms with van der Waals surface area (Å²) in [6.45, 7) is 0. The first-order valence-corrected chi connectivity index (χ1v) is 12.2. The van der Waals surface area contributed by atoms with Gasteiger partial charge in [0.1, 0.15) is 11.2 Å². The minimum Gasteiger partial charge on any atom is -0.456 e. The van der Waals surface area contributed by atoms with Crippen molar-refractivity contribution in [2.75, 3.05) is 0 Å². The zero-order valence-electron chi connectivity index (χ0n) is 18.3. The van der Waals surface area contributed by atoms with Crippen LogP contribution >= 0.6 is 15.9 Å². The van der Waals surface area contributed by atoms with Gasteiger partial charge in [-0.25, -0.2) is 0 Å². The third-order valence-electron chi connectivity index (χ3n) is 6.74. The molecule has 2 heteroatoms. The predicted molar refractivity (Wildman–Crippen MR) is 147 cm³/mol. The molecule has 0 amide bonds. The smallest absolute Gasteiger partial charge is 0.136 e. The molecule has 1 aromatic heterocycles. The van der Waals surface area contributed by atoms with Gasteiger partial charge in [-0.2, -0.15) is 0 Å². The van der Waals surface area contributed by atoms with Crippen molar-refractivity contribution in [1.29, 1.82) is 0 Å². The molecule has 0 spiro atoms. The van der Waals surface area contributed by atoms with Crippen LogP contribution < -0.4 is 0 Å². The standard InChI is InChI=1S/C32H19BrO/c33-29-10-5-11-31-32(29)28-18-22(16-17-30(28)34-31)20-12-14-21(15-13-20)27-19-23-6-1-2-7-24(23)25-8-3-4-9-26(25)27/h1-19H. The fraction of sp³-hybridized carbons (Fsp3) is 0. The topological polar surface area (TPSA) is 13.1 Å². The molecular weight excluding hydrogens is 480 g/mol. The molecule has 0 atom stereocenters. The van der Waals surface area contributed by atoms with Crippen LogP contribution in [0.1, 0.15) is 0 Å². The normalized spacial score (nSPS) is 11.7. The van der Waals surface area contributed by atoms with Crippen molar-refractivity contribution in [3.05, 3.63) is 120 Å². The molecule has 6 aromatic carbocycles. The van der Waals surface area contributed by atoms with Crippen LogP contribution in [0.4, 0.5) is 0 Å². The van der Waals surface area contributed by atoms with Crippen LogP contribution in [0.3, 0.4) is 0 Å². The van der Waals surface area contributed by atoms with Crippen LogP contribution in [-0.4, -0.2) is 0 Å². The van der Waals surface area contributed by atoms with E-state index in [0.717, 1.165) is 26.4 Å². The molecule has 0 fully saturated rings. The van der Waals surface area contributed by atoms with Gasteiger partial charge in [-0.1, -0.05) is 101 Å². The Morgan fingerprint density at radius 1 is 0.471 bits per heavy atom.